The summed E-state index contributed by atoms with van der Waals surface area (Å²) < 4.78 is 19.9. The minimum atomic E-state index is -3.25. The lowest BCUT2D eigenvalue weighted by atomic mass is 9.60. The molecule has 0 radical (unpaired) electrons. The van der Waals surface area contributed by atoms with E-state index in [1.165, 1.54) is 0 Å². The third kappa shape index (κ3) is 6.04. The topological polar surface area (TPSA) is 139 Å². The van der Waals surface area contributed by atoms with Gasteiger partial charge < -0.3 is 23.5 Å². The maximum Gasteiger partial charge on any atom is 0.258 e. The fraction of sp³-hybridized carbons (Fsp3) is 0.679. The van der Waals surface area contributed by atoms with Crippen molar-refractivity contribution >= 4 is 36.6 Å². The number of ketones is 1. The van der Waals surface area contributed by atoms with Gasteiger partial charge in [0.05, 0.1) is 6.42 Å². The molecule has 3 rings (SSSR count). The Morgan fingerprint density at radius 2 is 1.51 bits per heavy atom. The average Bonchev–Trinajstić information content (AvgIpc) is 2.80. The number of Topliss-reactive ketones (excluding diaryl/α,β-unsaturated/α-hetero) is 1. The van der Waals surface area contributed by atoms with Crippen molar-refractivity contribution in [3.63, 3.8) is 0 Å². The molecule has 1 aliphatic heterocycles. The molecule has 10 nitrogen and oxygen atoms in total. The van der Waals surface area contributed by atoms with Crippen LogP contribution in [0.25, 0.3) is 0 Å². The Balaban J connectivity index is 2.30. The van der Waals surface area contributed by atoms with Crippen molar-refractivity contribution in [1.82, 2.24) is 5.06 Å². The van der Waals surface area contributed by atoms with E-state index < -0.39 is 72.2 Å². The molecule has 1 aliphatic carbocycles. The van der Waals surface area contributed by atoms with Crippen LogP contribution in [0, 0.1) is 11.3 Å². The summed E-state index contributed by atoms with van der Waals surface area (Å²) in [7, 11) is -8.06. The van der Waals surface area contributed by atoms with E-state index >= 15 is 0 Å². The lowest BCUT2D eigenvalue weighted by Gasteiger charge is -2.65. The molecule has 1 amide bonds. The van der Waals surface area contributed by atoms with Crippen molar-refractivity contribution in [3.05, 3.63) is 35.9 Å². The standard InChI is InChI=1S/C28H46N2O8Si3/c1-25(2,3)41(10,11)37-22-23(36-39(4,5)6)27(17-21(31)30(27)35-18-20-15-13-12-14-16-20)28(33,34)24(32)26(22,19-29)38-40(7,8)9/h12-16,22-23,33-34H,17-18H2,1-11H3. The van der Waals surface area contributed by atoms with E-state index in [1.807, 2.05) is 77.8 Å². The molecule has 0 bridgehead atoms. The second kappa shape index (κ2) is 10.8. The molecular weight excluding hydrogens is 577 g/mol. The fourth-order valence-electron chi connectivity index (χ4n) is 5.04. The van der Waals surface area contributed by atoms with Crippen LogP contribution >= 0.6 is 0 Å². The Morgan fingerprint density at radius 3 is 1.95 bits per heavy atom. The van der Waals surface area contributed by atoms with Gasteiger partial charge >= 0.3 is 0 Å². The highest BCUT2D eigenvalue weighted by Gasteiger charge is 2.82. The summed E-state index contributed by atoms with van der Waals surface area (Å²) in [4.78, 5) is 33.4. The number of hydrogen-bond acceptors (Lipinski definition) is 9. The van der Waals surface area contributed by atoms with Gasteiger partial charge in [0.25, 0.3) is 5.79 Å². The molecule has 41 heavy (non-hydrogen) atoms. The number of benzene rings is 1. The molecule has 1 aromatic carbocycles. The Morgan fingerprint density at radius 1 is 0.951 bits per heavy atom. The second-order valence-corrected chi connectivity index (χ2v) is 28.2. The van der Waals surface area contributed by atoms with Gasteiger partial charge in [-0.3, -0.25) is 14.4 Å². The van der Waals surface area contributed by atoms with Crippen LogP contribution in [0.4, 0.5) is 0 Å². The molecule has 2 aliphatic rings. The summed E-state index contributed by atoms with van der Waals surface area (Å²) in [5.41, 5.74) is -3.74. The van der Waals surface area contributed by atoms with Gasteiger partial charge in [0.15, 0.2) is 30.5 Å². The predicted octanol–water partition coefficient (Wildman–Crippen LogP) is 4.08. The molecule has 1 saturated carbocycles. The molecular formula is C28H46N2O8Si3. The van der Waals surface area contributed by atoms with Crippen LogP contribution < -0.4 is 0 Å². The van der Waals surface area contributed by atoms with Crippen molar-refractivity contribution in [2.45, 2.75) is 120 Å². The molecule has 1 aromatic rings. The van der Waals surface area contributed by atoms with Crippen LogP contribution in [0.15, 0.2) is 30.3 Å². The minimum Gasteiger partial charge on any atom is -0.409 e. The summed E-state index contributed by atoms with van der Waals surface area (Å²) in [5.74, 6) is -5.08. The maximum absolute atomic E-state index is 14.3. The van der Waals surface area contributed by atoms with Crippen LogP contribution in [-0.4, -0.2) is 81.1 Å². The van der Waals surface area contributed by atoms with Gasteiger partial charge in [-0.25, -0.2) is 5.06 Å². The molecule has 1 spiro atoms. The Bertz CT molecular complexity index is 1200. The molecule has 2 N–H and O–H groups in total. The van der Waals surface area contributed by atoms with E-state index in [-0.39, 0.29) is 11.6 Å². The lowest BCUT2D eigenvalue weighted by molar-refractivity contribution is -0.372. The highest BCUT2D eigenvalue weighted by Crippen LogP contribution is 2.55. The van der Waals surface area contributed by atoms with Gasteiger partial charge in [0.1, 0.15) is 24.9 Å². The number of carbonyl (C=O) groups excluding carboxylic acids is 2. The number of aliphatic hydroxyl groups is 2. The third-order valence-electron chi connectivity index (χ3n) is 7.96. The highest BCUT2D eigenvalue weighted by atomic mass is 28.4. The summed E-state index contributed by atoms with van der Waals surface area (Å²) in [6.45, 7) is 21.1. The summed E-state index contributed by atoms with van der Waals surface area (Å²) in [6, 6.07) is 11.1. The summed E-state index contributed by atoms with van der Waals surface area (Å²) >= 11 is 0. The highest BCUT2D eigenvalue weighted by molar-refractivity contribution is 6.74. The van der Waals surface area contributed by atoms with Crippen molar-refractivity contribution in [3.8, 4) is 6.07 Å². The number of nitriles is 1. The largest absolute Gasteiger partial charge is 0.409 e. The van der Waals surface area contributed by atoms with E-state index in [0.29, 0.717) is 0 Å². The minimum absolute atomic E-state index is 0.0686. The van der Waals surface area contributed by atoms with E-state index in [1.54, 1.807) is 31.8 Å². The zero-order chi connectivity index (χ0) is 31.4. The third-order valence-corrected chi connectivity index (χ3v) is 14.3. The number of rotatable bonds is 9. The number of amides is 1. The van der Waals surface area contributed by atoms with Gasteiger partial charge in [-0.1, -0.05) is 51.1 Å². The molecule has 2 fully saturated rings. The van der Waals surface area contributed by atoms with Crippen LogP contribution in [0.1, 0.15) is 32.8 Å². The smallest absolute Gasteiger partial charge is 0.258 e. The first-order chi connectivity index (χ1) is 18.5. The van der Waals surface area contributed by atoms with Gasteiger partial charge in [-0.05, 0) is 63.0 Å². The zero-order valence-electron chi connectivity index (χ0n) is 26.2. The molecule has 1 heterocycles. The quantitative estimate of drug-likeness (QED) is 0.237. The zero-order valence-corrected chi connectivity index (χ0v) is 29.2. The first-order valence-corrected chi connectivity index (χ1v) is 23.6. The molecule has 4 unspecified atom stereocenters. The Kier molecular flexibility index (Phi) is 8.86. The maximum atomic E-state index is 14.3. The second-order valence-electron chi connectivity index (χ2n) is 14.6. The average molecular weight is 623 g/mol. The Labute approximate surface area is 246 Å². The molecule has 0 aromatic heterocycles. The SMILES string of the molecule is CC(C)(C)[Si](C)(C)OC1C(O[Si](C)(C)C)C2(CC(=O)N2OCc2ccccc2)C(O)(O)C(=O)C1(C#N)O[Si](C)(C)C. The van der Waals surface area contributed by atoms with Gasteiger partial charge in [0, 0.05) is 0 Å². The van der Waals surface area contributed by atoms with Crippen molar-refractivity contribution in [2.75, 3.05) is 0 Å². The van der Waals surface area contributed by atoms with Gasteiger partial charge in [-0.15, -0.1) is 0 Å². The number of hydroxylamine groups is 2. The number of β-lactam (4-membered cyclic amide) rings is 1. The molecule has 228 valence electrons. The fourth-order valence-corrected chi connectivity index (χ4v) is 8.62. The molecule has 13 heteroatoms. The van der Waals surface area contributed by atoms with E-state index in [0.717, 1.165) is 10.6 Å². The lowest BCUT2D eigenvalue weighted by Crippen LogP contribution is -2.90. The van der Waals surface area contributed by atoms with Crippen molar-refractivity contribution < 1.29 is 37.9 Å². The van der Waals surface area contributed by atoms with Gasteiger partial charge in [0.2, 0.25) is 17.3 Å². The molecule has 4 atom stereocenters. The van der Waals surface area contributed by atoms with Crippen LogP contribution in [0.3, 0.4) is 0 Å². The van der Waals surface area contributed by atoms with Crippen molar-refractivity contribution in [2.24, 2.45) is 0 Å². The Hall–Kier alpha value is -1.74. The number of hydrogen-bond donors (Lipinski definition) is 2. The van der Waals surface area contributed by atoms with Gasteiger partial charge in [-0.2, -0.15) is 5.26 Å². The van der Waals surface area contributed by atoms with E-state index in [9.17, 15) is 25.1 Å². The summed E-state index contributed by atoms with van der Waals surface area (Å²) in [5, 5.41) is 34.8. The van der Waals surface area contributed by atoms with E-state index in [4.69, 9.17) is 18.1 Å². The number of nitrogens with zero attached hydrogens (tertiary/aromatic N) is 2. The first kappa shape index (κ1) is 33.8. The monoisotopic (exact) mass is 622 g/mol. The van der Waals surface area contributed by atoms with Crippen LogP contribution in [-0.2, 0) is 34.3 Å². The van der Waals surface area contributed by atoms with Crippen molar-refractivity contribution in [1.29, 1.82) is 5.26 Å². The van der Waals surface area contributed by atoms with E-state index in [2.05, 4.69) is 0 Å². The predicted molar refractivity (Wildman–Crippen MR) is 161 cm³/mol. The van der Waals surface area contributed by atoms with Crippen LogP contribution in [0.2, 0.25) is 57.4 Å². The molecule has 1 saturated heterocycles. The van der Waals surface area contributed by atoms with Crippen LogP contribution in [0.5, 0.6) is 0 Å². The summed E-state index contributed by atoms with van der Waals surface area (Å²) in [6.07, 6.45) is -3.16. The first-order valence-electron chi connectivity index (χ1n) is 13.9. The number of carbonyl (C=O) groups is 2. The normalized spacial score (nSPS) is 28.9.